The number of benzene rings is 1. The third-order valence-electron chi connectivity index (χ3n) is 2.61. The van der Waals surface area contributed by atoms with Crippen molar-refractivity contribution < 1.29 is 14.3 Å². The zero-order valence-electron chi connectivity index (χ0n) is 11.0. The molecule has 0 saturated heterocycles. The van der Waals surface area contributed by atoms with Crippen molar-refractivity contribution in [3.63, 3.8) is 0 Å². The second kappa shape index (κ2) is 6.25. The van der Waals surface area contributed by atoms with Crippen molar-refractivity contribution >= 4 is 23.2 Å². The van der Waals surface area contributed by atoms with E-state index in [0.717, 1.165) is 0 Å². The maximum Gasteiger partial charge on any atom is 0.274 e. The van der Waals surface area contributed by atoms with Crippen LogP contribution in [0.15, 0.2) is 36.5 Å². The van der Waals surface area contributed by atoms with Crippen LogP contribution in [0.3, 0.4) is 0 Å². The Hall–Kier alpha value is -2.27. The molecule has 0 aliphatic heterocycles. The predicted octanol–water partition coefficient (Wildman–Crippen LogP) is 3.00. The largest absolute Gasteiger partial charge is 0.497 e. The van der Waals surface area contributed by atoms with Crippen LogP contribution in [0.1, 0.15) is 10.5 Å². The first-order valence-corrected chi connectivity index (χ1v) is 6.17. The molecule has 1 amide bonds. The van der Waals surface area contributed by atoms with Crippen LogP contribution in [0.25, 0.3) is 0 Å². The highest BCUT2D eigenvalue weighted by atomic mass is 35.5. The second-order valence-corrected chi connectivity index (χ2v) is 4.32. The number of hydrogen-bond acceptors (Lipinski definition) is 4. The Kier molecular flexibility index (Phi) is 4.42. The van der Waals surface area contributed by atoms with E-state index in [9.17, 15) is 4.79 Å². The van der Waals surface area contributed by atoms with Gasteiger partial charge in [0.05, 0.1) is 19.9 Å². The summed E-state index contributed by atoms with van der Waals surface area (Å²) >= 11 is 5.83. The lowest BCUT2D eigenvalue weighted by molar-refractivity contribution is 0.102. The quantitative estimate of drug-likeness (QED) is 0.941. The zero-order chi connectivity index (χ0) is 14.5. The fourth-order valence-electron chi connectivity index (χ4n) is 1.63. The molecule has 0 radical (unpaired) electrons. The first kappa shape index (κ1) is 14.1. The number of hydrogen-bond donors (Lipinski definition) is 1. The molecule has 1 N–H and O–H groups in total. The number of halogens is 1. The van der Waals surface area contributed by atoms with Gasteiger partial charge in [-0.2, -0.15) is 0 Å². The van der Waals surface area contributed by atoms with Crippen molar-refractivity contribution in [2.45, 2.75) is 0 Å². The Labute approximate surface area is 121 Å². The minimum atomic E-state index is -0.376. The number of pyridine rings is 1. The van der Waals surface area contributed by atoms with Crippen LogP contribution in [0.2, 0.25) is 5.02 Å². The van der Waals surface area contributed by atoms with Crippen molar-refractivity contribution in [3.05, 3.63) is 47.2 Å². The number of carbonyl (C=O) groups excluding carboxylic acids is 1. The summed E-state index contributed by atoms with van der Waals surface area (Å²) in [6.45, 7) is 0. The third kappa shape index (κ3) is 3.19. The monoisotopic (exact) mass is 292 g/mol. The van der Waals surface area contributed by atoms with Crippen molar-refractivity contribution in [1.29, 1.82) is 0 Å². The highest BCUT2D eigenvalue weighted by molar-refractivity contribution is 6.30. The van der Waals surface area contributed by atoms with Gasteiger partial charge in [0, 0.05) is 17.3 Å². The lowest BCUT2D eigenvalue weighted by Crippen LogP contribution is -2.14. The molecular formula is C14H13ClN2O3. The smallest absolute Gasteiger partial charge is 0.274 e. The summed E-state index contributed by atoms with van der Waals surface area (Å²) in [5.41, 5.74) is 0.723. The van der Waals surface area contributed by atoms with Crippen molar-refractivity contribution in [3.8, 4) is 11.5 Å². The molecule has 1 heterocycles. The molecule has 5 nitrogen and oxygen atoms in total. The van der Waals surface area contributed by atoms with E-state index in [2.05, 4.69) is 10.3 Å². The van der Waals surface area contributed by atoms with E-state index >= 15 is 0 Å². The Bertz CT molecular complexity index is 632. The molecule has 6 heteroatoms. The molecule has 0 aliphatic carbocycles. The number of methoxy groups -OCH3 is 2. The normalized spacial score (nSPS) is 9.95. The molecule has 2 aromatic rings. The molecule has 0 bridgehead atoms. The Balaban J connectivity index is 2.27. The molecule has 0 spiro atoms. The summed E-state index contributed by atoms with van der Waals surface area (Å²) in [6.07, 6.45) is 1.47. The molecule has 0 atom stereocenters. The minimum absolute atomic E-state index is 0.224. The van der Waals surface area contributed by atoms with Gasteiger partial charge >= 0.3 is 0 Å². The molecule has 104 valence electrons. The van der Waals surface area contributed by atoms with Crippen LogP contribution in [0, 0.1) is 0 Å². The van der Waals surface area contributed by atoms with Gasteiger partial charge in [-0.25, -0.2) is 0 Å². The molecular weight excluding hydrogens is 280 g/mol. The van der Waals surface area contributed by atoms with Crippen LogP contribution in [0.4, 0.5) is 5.69 Å². The average Bonchev–Trinajstić information content (AvgIpc) is 2.47. The number of nitrogens with zero attached hydrogens (tertiary/aromatic N) is 1. The SMILES string of the molecule is COc1ccc(OC)c(NC(=O)c2cc(Cl)ccn2)c1. The summed E-state index contributed by atoms with van der Waals surface area (Å²) < 4.78 is 10.3. The molecule has 0 saturated carbocycles. The van der Waals surface area contributed by atoms with E-state index in [1.54, 1.807) is 31.4 Å². The predicted molar refractivity (Wildman–Crippen MR) is 76.7 cm³/mol. The average molecular weight is 293 g/mol. The number of ether oxygens (including phenoxy) is 2. The summed E-state index contributed by atoms with van der Waals surface area (Å²) in [4.78, 5) is 16.1. The van der Waals surface area contributed by atoms with E-state index in [0.29, 0.717) is 22.2 Å². The Morgan fingerprint density at radius 2 is 2.00 bits per heavy atom. The highest BCUT2D eigenvalue weighted by Crippen LogP contribution is 2.29. The number of rotatable bonds is 4. The standard InChI is InChI=1S/C14H13ClN2O3/c1-19-10-3-4-13(20-2)11(8-10)17-14(18)12-7-9(15)5-6-16-12/h3-8H,1-2H3,(H,17,18). The van der Waals surface area contributed by atoms with Crippen LogP contribution in [-0.2, 0) is 0 Å². The number of amides is 1. The first-order chi connectivity index (χ1) is 9.63. The summed E-state index contributed by atoms with van der Waals surface area (Å²) in [7, 11) is 3.07. The highest BCUT2D eigenvalue weighted by Gasteiger charge is 2.12. The van der Waals surface area contributed by atoms with Crippen LogP contribution in [0.5, 0.6) is 11.5 Å². The maximum atomic E-state index is 12.1. The van der Waals surface area contributed by atoms with E-state index in [1.807, 2.05) is 0 Å². The number of anilines is 1. The fraction of sp³-hybridized carbons (Fsp3) is 0.143. The van der Waals surface area contributed by atoms with E-state index in [-0.39, 0.29) is 11.6 Å². The minimum Gasteiger partial charge on any atom is -0.497 e. The van der Waals surface area contributed by atoms with E-state index in [1.165, 1.54) is 19.4 Å². The van der Waals surface area contributed by atoms with E-state index in [4.69, 9.17) is 21.1 Å². The van der Waals surface area contributed by atoms with Gasteiger partial charge < -0.3 is 14.8 Å². The Morgan fingerprint density at radius 3 is 2.65 bits per heavy atom. The summed E-state index contributed by atoms with van der Waals surface area (Å²) in [6, 6.07) is 8.21. The summed E-state index contributed by atoms with van der Waals surface area (Å²) in [5, 5.41) is 3.16. The van der Waals surface area contributed by atoms with Crippen molar-refractivity contribution in [1.82, 2.24) is 4.98 Å². The summed E-state index contributed by atoms with van der Waals surface area (Å²) in [5.74, 6) is 0.764. The second-order valence-electron chi connectivity index (χ2n) is 3.88. The van der Waals surface area contributed by atoms with Crippen molar-refractivity contribution in [2.75, 3.05) is 19.5 Å². The molecule has 2 rings (SSSR count). The van der Waals surface area contributed by atoms with Gasteiger partial charge in [0.25, 0.3) is 5.91 Å². The molecule has 1 aromatic carbocycles. The Morgan fingerprint density at radius 1 is 1.20 bits per heavy atom. The lowest BCUT2D eigenvalue weighted by Gasteiger charge is -2.11. The van der Waals surface area contributed by atoms with Gasteiger partial charge in [-0.05, 0) is 24.3 Å². The number of aromatic nitrogens is 1. The molecule has 0 aliphatic rings. The molecule has 0 unspecified atom stereocenters. The van der Waals surface area contributed by atoms with Crippen molar-refractivity contribution in [2.24, 2.45) is 0 Å². The topological polar surface area (TPSA) is 60.5 Å². The van der Waals surface area contributed by atoms with E-state index < -0.39 is 0 Å². The van der Waals surface area contributed by atoms with Gasteiger partial charge in [-0.1, -0.05) is 11.6 Å². The fourth-order valence-corrected chi connectivity index (χ4v) is 1.79. The van der Waals surface area contributed by atoms with Gasteiger partial charge in [0.15, 0.2) is 0 Å². The third-order valence-corrected chi connectivity index (χ3v) is 2.84. The van der Waals surface area contributed by atoms with Crippen LogP contribution < -0.4 is 14.8 Å². The molecule has 0 fully saturated rings. The number of nitrogens with one attached hydrogen (secondary N) is 1. The van der Waals surface area contributed by atoms with Crippen LogP contribution in [-0.4, -0.2) is 25.1 Å². The lowest BCUT2D eigenvalue weighted by atomic mass is 10.2. The zero-order valence-corrected chi connectivity index (χ0v) is 11.8. The molecule has 20 heavy (non-hydrogen) atoms. The van der Waals surface area contributed by atoms with Gasteiger partial charge in [-0.15, -0.1) is 0 Å². The first-order valence-electron chi connectivity index (χ1n) is 5.79. The van der Waals surface area contributed by atoms with Gasteiger partial charge in [-0.3, -0.25) is 9.78 Å². The maximum absolute atomic E-state index is 12.1. The van der Waals surface area contributed by atoms with Gasteiger partial charge in [0.2, 0.25) is 0 Å². The molecule has 1 aromatic heterocycles. The number of carbonyl (C=O) groups is 1. The van der Waals surface area contributed by atoms with Gasteiger partial charge in [0.1, 0.15) is 17.2 Å². The van der Waals surface area contributed by atoms with Crippen LogP contribution >= 0.6 is 11.6 Å².